The van der Waals surface area contributed by atoms with Gasteiger partial charge in [0.15, 0.2) is 0 Å². The van der Waals surface area contributed by atoms with Gasteiger partial charge in [0.05, 0.1) is 0 Å². The van der Waals surface area contributed by atoms with Crippen LogP contribution in [0, 0.1) is 5.92 Å². The molecular formula is C11H25NO. The number of rotatable bonds is 8. The summed E-state index contributed by atoms with van der Waals surface area (Å²) < 4.78 is 5.47. The molecule has 13 heavy (non-hydrogen) atoms. The Morgan fingerprint density at radius 2 is 1.85 bits per heavy atom. The Morgan fingerprint density at radius 1 is 1.15 bits per heavy atom. The van der Waals surface area contributed by atoms with Gasteiger partial charge in [0, 0.05) is 19.3 Å². The van der Waals surface area contributed by atoms with Crippen molar-refractivity contribution < 1.29 is 4.74 Å². The second-order valence-electron chi connectivity index (χ2n) is 3.81. The Bertz CT molecular complexity index is 104. The minimum absolute atomic E-state index is 0.613. The maximum absolute atomic E-state index is 5.47. The fourth-order valence-corrected chi connectivity index (χ4v) is 1.39. The third kappa shape index (κ3) is 7.03. The monoisotopic (exact) mass is 187 g/mol. The van der Waals surface area contributed by atoms with Crippen molar-refractivity contribution >= 4 is 0 Å². The van der Waals surface area contributed by atoms with Gasteiger partial charge >= 0.3 is 0 Å². The van der Waals surface area contributed by atoms with Crippen LogP contribution in [0.2, 0.25) is 0 Å². The van der Waals surface area contributed by atoms with Crippen molar-refractivity contribution in [3.8, 4) is 0 Å². The quantitative estimate of drug-likeness (QED) is 0.589. The maximum atomic E-state index is 5.47. The molecule has 0 heterocycles. The van der Waals surface area contributed by atoms with Crippen molar-refractivity contribution in [1.82, 2.24) is 5.32 Å². The van der Waals surface area contributed by atoms with Gasteiger partial charge in [-0.3, -0.25) is 0 Å². The topological polar surface area (TPSA) is 21.3 Å². The summed E-state index contributed by atoms with van der Waals surface area (Å²) in [5.41, 5.74) is 0. The van der Waals surface area contributed by atoms with Crippen LogP contribution >= 0.6 is 0 Å². The van der Waals surface area contributed by atoms with E-state index in [1.54, 1.807) is 0 Å². The van der Waals surface area contributed by atoms with Gasteiger partial charge in [-0.2, -0.15) is 0 Å². The highest BCUT2D eigenvalue weighted by Gasteiger charge is 2.10. The van der Waals surface area contributed by atoms with Crippen LogP contribution in [0.25, 0.3) is 0 Å². The molecule has 0 amide bonds. The van der Waals surface area contributed by atoms with E-state index in [-0.39, 0.29) is 0 Å². The first-order chi connectivity index (χ1) is 6.22. The summed E-state index contributed by atoms with van der Waals surface area (Å²) in [4.78, 5) is 0. The standard InChI is InChI=1S/C11H25NO/c1-5-8-13-9-7-11(10(3)4)12-6-2/h10-12H,5-9H2,1-4H3. The Kier molecular flexibility index (Phi) is 8.46. The van der Waals surface area contributed by atoms with E-state index in [0.717, 1.165) is 32.6 Å². The van der Waals surface area contributed by atoms with Crippen molar-refractivity contribution in [2.75, 3.05) is 19.8 Å². The zero-order chi connectivity index (χ0) is 10.1. The summed E-state index contributed by atoms with van der Waals surface area (Å²) in [5.74, 6) is 0.699. The van der Waals surface area contributed by atoms with E-state index in [9.17, 15) is 0 Å². The van der Waals surface area contributed by atoms with Gasteiger partial charge in [-0.25, -0.2) is 0 Å². The molecule has 0 aromatic heterocycles. The molecule has 80 valence electrons. The van der Waals surface area contributed by atoms with E-state index < -0.39 is 0 Å². The van der Waals surface area contributed by atoms with Gasteiger partial charge in [0.2, 0.25) is 0 Å². The molecular weight excluding hydrogens is 162 g/mol. The number of hydrogen-bond acceptors (Lipinski definition) is 2. The molecule has 0 bridgehead atoms. The van der Waals surface area contributed by atoms with Gasteiger partial charge in [-0.15, -0.1) is 0 Å². The molecule has 1 atom stereocenters. The van der Waals surface area contributed by atoms with Crippen LogP contribution in [0.5, 0.6) is 0 Å². The van der Waals surface area contributed by atoms with Gasteiger partial charge in [0.1, 0.15) is 0 Å². The number of nitrogens with one attached hydrogen (secondary N) is 1. The summed E-state index contributed by atoms with van der Waals surface area (Å²) >= 11 is 0. The summed E-state index contributed by atoms with van der Waals surface area (Å²) in [6, 6.07) is 0.613. The molecule has 1 N–H and O–H groups in total. The lowest BCUT2D eigenvalue weighted by Crippen LogP contribution is -2.34. The molecule has 0 aliphatic carbocycles. The van der Waals surface area contributed by atoms with Crippen molar-refractivity contribution in [2.45, 2.75) is 46.6 Å². The normalized spacial score (nSPS) is 13.6. The minimum Gasteiger partial charge on any atom is -0.381 e. The highest BCUT2D eigenvalue weighted by Crippen LogP contribution is 2.05. The molecule has 0 aromatic carbocycles. The maximum Gasteiger partial charge on any atom is 0.0480 e. The van der Waals surface area contributed by atoms with E-state index >= 15 is 0 Å². The first-order valence-corrected chi connectivity index (χ1v) is 5.53. The predicted octanol–water partition coefficient (Wildman–Crippen LogP) is 2.44. The molecule has 1 unspecified atom stereocenters. The molecule has 0 spiro atoms. The van der Waals surface area contributed by atoms with Gasteiger partial charge in [-0.05, 0) is 25.3 Å². The van der Waals surface area contributed by atoms with Crippen LogP contribution in [0.1, 0.15) is 40.5 Å². The molecule has 0 radical (unpaired) electrons. The van der Waals surface area contributed by atoms with Gasteiger partial charge < -0.3 is 10.1 Å². The summed E-state index contributed by atoms with van der Waals surface area (Å²) in [6.07, 6.45) is 2.25. The van der Waals surface area contributed by atoms with Crippen LogP contribution in [0.4, 0.5) is 0 Å². The molecule has 0 aromatic rings. The van der Waals surface area contributed by atoms with E-state index in [1.807, 2.05) is 0 Å². The van der Waals surface area contributed by atoms with E-state index in [0.29, 0.717) is 12.0 Å². The first kappa shape index (κ1) is 12.9. The zero-order valence-corrected chi connectivity index (χ0v) is 9.60. The third-order valence-electron chi connectivity index (χ3n) is 2.19. The fourth-order valence-electron chi connectivity index (χ4n) is 1.39. The Morgan fingerprint density at radius 3 is 2.31 bits per heavy atom. The molecule has 2 nitrogen and oxygen atoms in total. The van der Waals surface area contributed by atoms with Crippen molar-refractivity contribution in [3.05, 3.63) is 0 Å². The van der Waals surface area contributed by atoms with Gasteiger partial charge in [-0.1, -0.05) is 27.7 Å². The largest absolute Gasteiger partial charge is 0.381 e. The first-order valence-electron chi connectivity index (χ1n) is 5.53. The third-order valence-corrected chi connectivity index (χ3v) is 2.19. The molecule has 0 aliphatic heterocycles. The Labute approximate surface area is 83.1 Å². The molecule has 0 saturated carbocycles. The molecule has 0 aliphatic rings. The number of ether oxygens (including phenoxy) is 1. The average Bonchev–Trinajstić information content (AvgIpc) is 2.10. The van der Waals surface area contributed by atoms with Crippen LogP contribution in [-0.2, 0) is 4.74 Å². The zero-order valence-electron chi connectivity index (χ0n) is 9.60. The van der Waals surface area contributed by atoms with E-state index in [4.69, 9.17) is 4.74 Å². The molecule has 0 rings (SSSR count). The van der Waals surface area contributed by atoms with Gasteiger partial charge in [0.25, 0.3) is 0 Å². The predicted molar refractivity (Wildman–Crippen MR) is 58.0 cm³/mol. The van der Waals surface area contributed by atoms with Crippen LogP contribution < -0.4 is 5.32 Å². The lowest BCUT2D eigenvalue weighted by atomic mass is 10.0. The van der Waals surface area contributed by atoms with Crippen molar-refractivity contribution in [2.24, 2.45) is 5.92 Å². The van der Waals surface area contributed by atoms with E-state index in [1.165, 1.54) is 0 Å². The Balaban J connectivity index is 3.45. The second-order valence-corrected chi connectivity index (χ2v) is 3.81. The second kappa shape index (κ2) is 8.52. The van der Waals surface area contributed by atoms with Crippen molar-refractivity contribution in [1.29, 1.82) is 0 Å². The van der Waals surface area contributed by atoms with Crippen molar-refractivity contribution in [3.63, 3.8) is 0 Å². The summed E-state index contributed by atoms with van der Waals surface area (Å²) in [6.45, 7) is 11.7. The fraction of sp³-hybridized carbons (Fsp3) is 1.00. The Hall–Kier alpha value is -0.0800. The summed E-state index contributed by atoms with van der Waals surface area (Å²) in [7, 11) is 0. The SMILES string of the molecule is CCCOCCC(NCC)C(C)C. The lowest BCUT2D eigenvalue weighted by molar-refractivity contribution is 0.119. The molecule has 0 saturated heterocycles. The average molecular weight is 187 g/mol. The molecule has 2 heteroatoms. The summed E-state index contributed by atoms with van der Waals surface area (Å²) in [5, 5.41) is 3.48. The van der Waals surface area contributed by atoms with Crippen LogP contribution in [-0.4, -0.2) is 25.8 Å². The number of hydrogen-bond donors (Lipinski definition) is 1. The highest BCUT2D eigenvalue weighted by molar-refractivity contribution is 4.69. The van der Waals surface area contributed by atoms with Crippen LogP contribution in [0.15, 0.2) is 0 Å². The highest BCUT2D eigenvalue weighted by atomic mass is 16.5. The lowest BCUT2D eigenvalue weighted by Gasteiger charge is -2.21. The minimum atomic E-state index is 0.613. The molecule has 0 fully saturated rings. The van der Waals surface area contributed by atoms with Crippen LogP contribution in [0.3, 0.4) is 0 Å². The smallest absolute Gasteiger partial charge is 0.0480 e. The van der Waals surface area contributed by atoms with E-state index in [2.05, 4.69) is 33.0 Å².